The van der Waals surface area contributed by atoms with Gasteiger partial charge in [-0.1, -0.05) is 126 Å². The van der Waals surface area contributed by atoms with E-state index in [1.54, 1.807) is 32.9 Å². The lowest BCUT2D eigenvalue weighted by molar-refractivity contribution is -0.264. The number of rotatable bonds is 20. The van der Waals surface area contributed by atoms with E-state index in [-0.39, 0.29) is 39.5 Å². The molecule has 0 radical (unpaired) electrons. The molecule has 2 amide bonds. The molecule has 59 heavy (non-hydrogen) atoms. The highest BCUT2D eigenvalue weighted by Crippen LogP contribution is 2.32. The Labute approximate surface area is 345 Å². The summed E-state index contributed by atoms with van der Waals surface area (Å²) >= 11 is 0. The van der Waals surface area contributed by atoms with Crippen molar-refractivity contribution in [1.82, 2.24) is 10.6 Å². The molecule has 0 aliphatic carbocycles. The molecule has 5 rings (SSSR count). The summed E-state index contributed by atoms with van der Waals surface area (Å²) in [5, 5.41) is 9.17. The Kier molecular flexibility index (Phi) is 17.3. The number of nitrogens with zero attached hydrogens (tertiary/aromatic N) is 3. The molecule has 1 aliphatic rings. The van der Waals surface area contributed by atoms with Crippen LogP contribution in [-0.2, 0) is 64.4 Å². The lowest BCUT2D eigenvalue weighted by Crippen LogP contribution is -2.62. The highest BCUT2D eigenvalue weighted by atomic mass is 16.6. The van der Waals surface area contributed by atoms with Gasteiger partial charge in [0.05, 0.1) is 32.3 Å². The van der Waals surface area contributed by atoms with Gasteiger partial charge in [0.1, 0.15) is 42.7 Å². The Morgan fingerprint density at radius 3 is 1.63 bits per heavy atom. The van der Waals surface area contributed by atoms with Crippen LogP contribution in [-0.4, -0.2) is 73.2 Å². The predicted molar refractivity (Wildman–Crippen MR) is 219 cm³/mol. The summed E-state index contributed by atoms with van der Waals surface area (Å²) in [6, 6.07) is 36.8. The molecular weight excluding hydrogens is 755 g/mol. The van der Waals surface area contributed by atoms with E-state index in [1.807, 2.05) is 109 Å². The third-order valence-electron chi connectivity index (χ3n) is 9.25. The van der Waals surface area contributed by atoms with E-state index in [4.69, 9.17) is 34.0 Å². The molecule has 1 aliphatic heterocycles. The van der Waals surface area contributed by atoms with E-state index in [9.17, 15) is 14.4 Å². The smallest absolute Gasteiger partial charge is 0.408 e. The van der Waals surface area contributed by atoms with Crippen molar-refractivity contribution in [2.24, 2.45) is 5.11 Å². The molecule has 312 valence electrons. The second-order valence-corrected chi connectivity index (χ2v) is 15.0. The fraction of sp³-hybridized carbons (Fsp3) is 0.400. The number of azide groups is 1. The molecular formula is C45H53N5O9. The van der Waals surface area contributed by atoms with E-state index in [0.29, 0.717) is 6.42 Å². The standard InChI is InChI=1S/C45H53N5O9/c1-45(2,3)59-44(53)49-36(43(52)57-31-35-22-14-7-15-23-35)26-39(51)47-27-38-41(55-29-33-18-10-5-11-19-33)42(56-30-34-20-12-6-13-21-34)40(37(58-38)24-25-48-50-46)54-28-32-16-8-4-9-17-32/h4-23,36-38,40-42H,24-31H2,1-3H3,(H,47,51)(H,49,53)/t36-,37+,38+,40-,41+,42+/m0/s1. The molecule has 2 N–H and O–H groups in total. The third kappa shape index (κ3) is 15.2. The zero-order valence-electron chi connectivity index (χ0n) is 33.7. The molecule has 1 heterocycles. The Bertz CT molecular complexity index is 1930. The van der Waals surface area contributed by atoms with E-state index < -0.39 is 66.6 Å². The largest absolute Gasteiger partial charge is 0.459 e. The average Bonchev–Trinajstić information content (AvgIpc) is 3.23. The molecule has 4 aromatic rings. The second kappa shape index (κ2) is 23.0. The van der Waals surface area contributed by atoms with Gasteiger partial charge in [0.15, 0.2) is 0 Å². The second-order valence-electron chi connectivity index (χ2n) is 15.0. The van der Waals surface area contributed by atoms with Gasteiger partial charge in [0, 0.05) is 18.0 Å². The van der Waals surface area contributed by atoms with Crippen LogP contribution in [0, 0.1) is 0 Å². The van der Waals surface area contributed by atoms with E-state index in [1.165, 1.54) is 0 Å². The minimum atomic E-state index is -1.36. The summed E-state index contributed by atoms with van der Waals surface area (Å²) in [6.45, 7) is 5.75. The molecule has 0 bridgehead atoms. The molecule has 14 nitrogen and oxygen atoms in total. The first-order valence-corrected chi connectivity index (χ1v) is 19.7. The molecule has 0 saturated carbocycles. The topological polar surface area (TPSA) is 179 Å². The number of hydrogen-bond donors (Lipinski definition) is 2. The fourth-order valence-electron chi connectivity index (χ4n) is 6.45. The van der Waals surface area contributed by atoms with Crippen LogP contribution in [0.1, 0.15) is 55.9 Å². The average molecular weight is 808 g/mol. The predicted octanol–water partition coefficient (Wildman–Crippen LogP) is 7.35. The summed E-state index contributed by atoms with van der Waals surface area (Å²) < 4.78 is 37.6. The van der Waals surface area contributed by atoms with Crippen molar-refractivity contribution in [3.05, 3.63) is 154 Å². The summed E-state index contributed by atoms with van der Waals surface area (Å²) in [5.74, 6) is -1.37. The minimum Gasteiger partial charge on any atom is -0.459 e. The summed E-state index contributed by atoms with van der Waals surface area (Å²) in [4.78, 5) is 42.8. The van der Waals surface area contributed by atoms with Gasteiger partial charge in [-0.05, 0) is 55.0 Å². The Morgan fingerprint density at radius 2 is 1.15 bits per heavy atom. The highest BCUT2D eigenvalue weighted by Gasteiger charge is 2.48. The molecule has 1 fully saturated rings. The molecule has 4 aromatic carbocycles. The number of ether oxygens (including phenoxy) is 6. The molecule has 0 aromatic heterocycles. The number of alkyl carbamates (subject to hydrolysis) is 1. The van der Waals surface area contributed by atoms with Crippen LogP contribution < -0.4 is 10.6 Å². The molecule has 1 saturated heterocycles. The maximum absolute atomic E-state index is 13.7. The molecule has 0 spiro atoms. The first kappa shape index (κ1) is 44.3. The fourth-order valence-corrected chi connectivity index (χ4v) is 6.45. The van der Waals surface area contributed by atoms with Gasteiger partial charge in [-0.15, -0.1) is 0 Å². The Hall–Kier alpha value is -5.76. The molecule has 14 heteroatoms. The zero-order chi connectivity index (χ0) is 41.9. The van der Waals surface area contributed by atoms with Gasteiger partial charge in [0.2, 0.25) is 5.91 Å². The van der Waals surface area contributed by atoms with Crippen LogP contribution in [0.5, 0.6) is 0 Å². The van der Waals surface area contributed by atoms with Gasteiger partial charge >= 0.3 is 12.1 Å². The quantitative estimate of drug-likeness (QED) is 0.0400. The van der Waals surface area contributed by atoms with Crippen molar-refractivity contribution < 1.29 is 42.8 Å². The van der Waals surface area contributed by atoms with Crippen molar-refractivity contribution in [3.8, 4) is 0 Å². The lowest BCUT2D eigenvalue weighted by Gasteiger charge is -2.46. The Balaban J connectivity index is 1.39. The monoisotopic (exact) mass is 807 g/mol. The van der Waals surface area contributed by atoms with Crippen LogP contribution in [0.3, 0.4) is 0 Å². The van der Waals surface area contributed by atoms with Gasteiger partial charge in [-0.3, -0.25) is 4.79 Å². The van der Waals surface area contributed by atoms with E-state index in [2.05, 4.69) is 20.7 Å². The first-order chi connectivity index (χ1) is 28.6. The van der Waals surface area contributed by atoms with Crippen LogP contribution in [0.25, 0.3) is 10.4 Å². The SMILES string of the molecule is CC(C)(C)OC(=O)N[C@@H](CC(=O)NC[C@H]1O[C@H](CCN=[N+]=[N-])[C@H](OCc2ccccc2)[C@@H](OCc2ccccc2)[C@@H]1OCc1ccccc1)C(=O)OCc1ccccc1. The number of hydrogen-bond acceptors (Lipinski definition) is 10. The van der Waals surface area contributed by atoms with Crippen molar-refractivity contribution in [1.29, 1.82) is 0 Å². The van der Waals surface area contributed by atoms with Crippen LogP contribution in [0.4, 0.5) is 4.79 Å². The van der Waals surface area contributed by atoms with Gasteiger partial charge < -0.3 is 39.1 Å². The number of carbonyl (C=O) groups is 3. The van der Waals surface area contributed by atoms with E-state index in [0.717, 1.165) is 22.3 Å². The van der Waals surface area contributed by atoms with Crippen molar-refractivity contribution >= 4 is 18.0 Å². The van der Waals surface area contributed by atoms with Crippen LogP contribution >= 0.6 is 0 Å². The third-order valence-corrected chi connectivity index (χ3v) is 9.25. The number of nitrogens with one attached hydrogen (secondary N) is 2. The van der Waals surface area contributed by atoms with E-state index >= 15 is 0 Å². The lowest BCUT2D eigenvalue weighted by atomic mass is 9.92. The first-order valence-electron chi connectivity index (χ1n) is 19.7. The number of amides is 2. The van der Waals surface area contributed by atoms with Crippen molar-refractivity contribution in [3.63, 3.8) is 0 Å². The number of benzene rings is 4. The Morgan fingerprint density at radius 1 is 0.695 bits per heavy atom. The van der Waals surface area contributed by atoms with Gasteiger partial charge in [0.25, 0.3) is 0 Å². The minimum absolute atomic E-state index is 0.0563. The number of carbonyl (C=O) groups excluding carboxylic acids is 3. The summed E-state index contributed by atoms with van der Waals surface area (Å²) in [5.41, 5.74) is 11.8. The van der Waals surface area contributed by atoms with Crippen LogP contribution in [0.15, 0.2) is 126 Å². The molecule has 6 atom stereocenters. The maximum Gasteiger partial charge on any atom is 0.408 e. The normalized spacial score (nSPS) is 19.4. The maximum atomic E-state index is 13.7. The van der Waals surface area contributed by atoms with Crippen molar-refractivity contribution in [2.75, 3.05) is 13.1 Å². The van der Waals surface area contributed by atoms with Gasteiger partial charge in [-0.25, -0.2) is 9.59 Å². The highest BCUT2D eigenvalue weighted by molar-refractivity contribution is 5.88. The van der Waals surface area contributed by atoms with Crippen LogP contribution in [0.2, 0.25) is 0 Å². The molecule has 0 unspecified atom stereocenters. The summed E-state index contributed by atoms with van der Waals surface area (Å²) in [6.07, 6.45) is -4.64. The number of esters is 1. The van der Waals surface area contributed by atoms with Crippen molar-refractivity contribution in [2.45, 2.75) is 102 Å². The summed E-state index contributed by atoms with van der Waals surface area (Å²) in [7, 11) is 0. The zero-order valence-corrected chi connectivity index (χ0v) is 33.7. The van der Waals surface area contributed by atoms with Gasteiger partial charge in [-0.2, -0.15) is 0 Å².